The van der Waals surface area contributed by atoms with Gasteiger partial charge in [0.2, 0.25) is 10.0 Å². The summed E-state index contributed by atoms with van der Waals surface area (Å²) in [6.45, 7) is 2.58. The van der Waals surface area contributed by atoms with Crippen molar-refractivity contribution in [1.29, 1.82) is 0 Å². The minimum Gasteiger partial charge on any atom is -0.349 e. The number of hydrogen-bond acceptors (Lipinski definition) is 5. The zero-order chi connectivity index (χ0) is 21.0. The maximum Gasteiger partial charge on any atom is 0.270 e. The molecule has 0 aliphatic heterocycles. The number of non-ortho nitro benzene ring substituents is 1. The third-order valence-electron chi connectivity index (χ3n) is 4.40. The lowest BCUT2D eigenvalue weighted by atomic mass is 10.2. The highest BCUT2D eigenvalue weighted by Gasteiger charge is 2.18. The van der Waals surface area contributed by atoms with E-state index < -0.39 is 14.9 Å². The Balaban J connectivity index is 1.62. The number of nitro benzene ring substituents is 1. The van der Waals surface area contributed by atoms with Gasteiger partial charge in [0.05, 0.1) is 9.82 Å². The van der Waals surface area contributed by atoms with Gasteiger partial charge in [0.25, 0.3) is 11.6 Å². The first-order valence-corrected chi connectivity index (χ1v) is 10.4. The van der Waals surface area contributed by atoms with E-state index in [0.717, 1.165) is 17.0 Å². The van der Waals surface area contributed by atoms with Crippen molar-refractivity contribution in [3.63, 3.8) is 0 Å². The summed E-state index contributed by atoms with van der Waals surface area (Å²) >= 11 is 0. The summed E-state index contributed by atoms with van der Waals surface area (Å²) in [5.74, 6) is -0.308. The Labute approximate surface area is 167 Å². The molecule has 0 aliphatic rings. The number of para-hydroxylation sites is 1. The molecular weight excluding hydrogens is 396 g/mol. The molecule has 0 fully saturated rings. The lowest BCUT2D eigenvalue weighted by molar-refractivity contribution is -0.385. The van der Waals surface area contributed by atoms with Crippen molar-refractivity contribution >= 4 is 32.5 Å². The topological polar surface area (TPSA) is 123 Å². The molecule has 0 unspecified atom stereocenters. The number of benzene rings is 2. The number of nitro groups is 1. The van der Waals surface area contributed by atoms with Gasteiger partial charge in [-0.05, 0) is 25.1 Å². The summed E-state index contributed by atoms with van der Waals surface area (Å²) in [7, 11) is -3.92. The molecule has 0 saturated heterocycles. The van der Waals surface area contributed by atoms with Crippen LogP contribution >= 0.6 is 0 Å². The summed E-state index contributed by atoms with van der Waals surface area (Å²) in [5.41, 5.74) is 1.13. The highest BCUT2D eigenvalue weighted by Crippen LogP contribution is 2.20. The van der Waals surface area contributed by atoms with E-state index in [1.807, 2.05) is 35.8 Å². The molecule has 152 valence electrons. The standard InChI is InChI=1S/C19H20N4O5S/c1-2-22-17-9-4-3-6-14(17)12-18(22)19(24)20-10-11-21-29(27,28)16-8-5-7-15(13-16)23(25)26/h3-9,12-13,21H,2,10-11H2,1H3,(H,20,24). The van der Waals surface area contributed by atoms with E-state index in [1.54, 1.807) is 6.07 Å². The molecule has 0 aliphatic carbocycles. The fourth-order valence-corrected chi connectivity index (χ4v) is 4.11. The summed E-state index contributed by atoms with van der Waals surface area (Å²) in [5, 5.41) is 14.5. The summed E-state index contributed by atoms with van der Waals surface area (Å²) in [6.07, 6.45) is 0. The molecule has 1 heterocycles. The third-order valence-corrected chi connectivity index (χ3v) is 5.86. The number of hydrogen-bond donors (Lipinski definition) is 2. The molecule has 29 heavy (non-hydrogen) atoms. The zero-order valence-corrected chi connectivity index (χ0v) is 16.5. The first kappa shape index (κ1) is 20.5. The van der Waals surface area contributed by atoms with Crippen LogP contribution in [0.2, 0.25) is 0 Å². The molecule has 0 radical (unpaired) electrons. The molecule has 9 nitrogen and oxygen atoms in total. The van der Waals surface area contributed by atoms with Crippen molar-refractivity contribution < 1.29 is 18.1 Å². The lowest BCUT2D eigenvalue weighted by Crippen LogP contribution is -2.35. The van der Waals surface area contributed by atoms with E-state index in [1.165, 1.54) is 18.2 Å². The summed E-state index contributed by atoms with van der Waals surface area (Å²) in [4.78, 5) is 22.5. The van der Waals surface area contributed by atoms with Crippen molar-refractivity contribution in [2.24, 2.45) is 0 Å². The third kappa shape index (κ3) is 4.44. The number of rotatable bonds is 8. The summed E-state index contributed by atoms with van der Waals surface area (Å²) in [6, 6.07) is 14.2. The molecular formula is C19H20N4O5S. The number of aryl methyl sites for hydroxylation is 1. The molecule has 1 amide bonds. The Morgan fingerprint density at radius 3 is 2.59 bits per heavy atom. The number of nitrogens with zero attached hydrogens (tertiary/aromatic N) is 2. The molecule has 3 aromatic rings. The van der Waals surface area contributed by atoms with Crippen molar-refractivity contribution in [2.45, 2.75) is 18.4 Å². The van der Waals surface area contributed by atoms with Crippen LogP contribution in [0, 0.1) is 10.1 Å². The Hall–Kier alpha value is -3.24. The minimum absolute atomic E-state index is 0.0525. The number of carbonyl (C=O) groups is 1. The van der Waals surface area contributed by atoms with Crippen molar-refractivity contribution in [2.75, 3.05) is 13.1 Å². The SMILES string of the molecule is CCn1c(C(=O)NCCNS(=O)(=O)c2cccc([N+](=O)[O-])c2)cc2ccccc21. The number of aromatic nitrogens is 1. The largest absolute Gasteiger partial charge is 0.349 e. The van der Waals surface area contributed by atoms with Gasteiger partial charge in [-0.2, -0.15) is 0 Å². The van der Waals surface area contributed by atoms with Crippen LogP contribution in [0.4, 0.5) is 5.69 Å². The average molecular weight is 416 g/mol. The van der Waals surface area contributed by atoms with Gasteiger partial charge in [-0.25, -0.2) is 13.1 Å². The van der Waals surface area contributed by atoms with Gasteiger partial charge in [0, 0.05) is 42.7 Å². The average Bonchev–Trinajstić information content (AvgIpc) is 3.10. The number of amides is 1. The van der Waals surface area contributed by atoms with Crippen molar-refractivity contribution in [1.82, 2.24) is 14.6 Å². The van der Waals surface area contributed by atoms with Crippen molar-refractivity contribution in [3.05, 3.63) is 70.4 Å². The van der Waals surface area contributed by atoms with Crippen LogP contribution in [-0.2, 0) is 16.6 Å². The second-order valence-electron chi connectivity index (χ2n) is 6.24. The van der Waals surface area contributed by atoms with E-state index >= 15 is 0 Å². The van der Waals surface area contributed by atoms with Crippen LogP contribution in [0.1, 0.15) is 17.4 Å². The second kappa shape index (κ2) is 8.41. The van der Waals surface area contributed by atoms with Gasteiger partial charge in [-0.1, -0.05) is 24.3 Å². The van der Waals surface area contributed by atoms with Crippen molar-refractivity contribution in [3.8, 4) is 0 Å². The zero-order valence-electron chi connectivity index (χ0n) is 15.7. The van der Waals surface area contributed by atoms with Crippen LogP contribution in [-0.4, -0.2) is 36.9 Å². The van der Waals surface area contributed by atoms with E-state index in [-0.39, 0.29) is 29.6 Å². The van der Waals surface area contributed by atoms with Gasteiger partial charge in [0.1, 0.15) is 5.69 Å². The monoisotopic (exact) mass is 416 g/mol. The minimum atomic E-state index is -3.92. The lowest BCUT2D eigenvalue weighted by Gasteiger charge is -2.10. The predicted molar refractivity (Wildman–Crippen MR) is 108 cm³/mol. The Kier molecular flexibility index (Phi) is 5.95. The van der Waals surface area contributed by atoms with Gasteiger partial charge < -0.3 is 9.88 Å². The molecule has 0 atom stereocenters. The Bertz CT molecular complexity index is 1170. The van der Waals surface area contributed by atoms with Gasteiger partial charge >= 0.3 is 0 Å². The second-order valence-corrected chi connectivity index (χ2v) is 8.01. The van der Waals surface area contributed by atoms with E-state index in [0.29, 0.717) is 12.2 Å². The molecule has 2 N–H and O–H groups in total. The van der Waals surface area contributed by atoms with Crippen LogP contribution in [0.15, 0.2) is 59.5 Å². The normalized spacial score (nSPS) is 11.5. The maximum absolute atomic E-state index is 12.5. The molecule has 10 heteroatoms. The molecule has 2 aromatic carbocycles. The molecule has 3 rings (SSSR count). The molecule has 0 spiro atoms. The first-order valence-electron chi connectivity index (χ1n) is 8.94. The Morgan fingerprint density at radius 2 is 1.86 bits per heavy atom. The number of nitrogens with one attached hydrogen (secondary N) is 2. The predicted octanol–water partition coefficient (Wildman–Crippen LogP) is 2.28. The number of carbonyl (C=O) groups excluding carboxylic acids is 1. The van der Waals surface area contributed by atoms with Gasteiger partial charge in [-0.3, -0.25) is 14.9 Å². The van der Waals surface area contributed by atoms with Crippen LogP contribution < -0.4 is 10.0 Å². The van der Waals surface area contributed by atoms with Crippen LogP contribution in [0.5, 0.6) is 0 Å². The number of sulfonamides is 1. The van der Waals surface area contributed by atoms with E-state index in [2.05, 4.69) is 10.0 Å². The van der Waals surface area contributed by atoms with E-state index in [9.17, 15) is 23.3 Å². The first-order chi connectivity index (χ1) is 13.8. The maximum atomic E-state index is 12.5. The quantitative estimate of drug-likeness (QED) is 0.331. The molecule has 0 bridgehead atoms. The smallest absolute Gasteiger partial charge is 0.270 e. The highest BCUT2D eigenvalue weighted by molar-refractivity contribution is 7.89. The summed E-state index contributed by atoms with van der Waals surface area (Å²) < 4.78 is 28.8. The van der Waals surface area contributed by atoms with E-state index in [4.69, 9.17) is 0 Å². The molecule has 0 saturated carbocycles. The number of fused-ring (bicyclic) bond motifs is 1. The van der Waals surface area contributed by atoms with Gasteiger partial charge in [0.15, 0.2) is 0 Å². The van der Waals surface area contributed by atoms with Crippen LogP contribution in [0.25, 0.3) is 10.9 Å². The van der Waals surface area contributed by atoms with Crippen LogP contribution in [0.3, 0.4) is 0 Å². The molecule has 1 aromatic heterocycles. The fourth-order valence-electron chi connectivity index (χ4n) is 3.04. The fraction of sp³-hybridized carbons (Fsp3) is 0.211. The van der Waals surface area contributed by atoms with Gasteiger partial charge in [-0.15, -0.1) is 0 Å². The highest BCUT2D eigenvalue weighted by atomic mass is 32.2. The Morgan fingerprint density at radius 1 is 1.10 bits per heavy atom.